The first-order valence-corrected chi connectivity index (χ1v) is 5.76. The zero-order valence-electron chi connectivity index (χ0n) is 8.85. The molecular weight excluding hydrogens is 190 g/mol. The van der Waals surface area contributed by atoms with Crippen LogP contribution in [0.2, 0.25) is 0 Å². The number of likely N-dealkylation sites (tertiary alicyclic amines) is 1. The predicted molar refractivity (Wildman–Crippen MR) is 54.9 cm³/mol. The summed E-state index contributed by atoms with van der Waals surface area (Å²) in [6.45, 7) is 3.21. The van der Waals surface area contributed by atoms with Crippen LogP contribution in [0.1, 0.15) is 12.8 Å². The molecule has 0 aromatic carbocycles. The minimum absolute atomic E-state index is 0.204. The van der Waals surface area contributed by atoms with E-state index in [2.05, 4.69) is 11.0 Å². The van der Waals surface area contributed by atoms with Crippen molar-refractivity contribution in [1.29, 1.82) is 5.26 Å². The van der Waals surface area contributed by atoms with Crippen molar-refractivity contribution >= 4 is 0 Å². The van der Waals surface area contributed by atoms with Crippen LogP contribution in [-0.2, 0) is 4.74 Å². The standard InChI is InChI=1S/C11H17N3O/c12-7-11(13)8-3-14(10-1-2-10)4-9(11)6-15-5-8/h8-10H,1-6,13H2. The topological polar surface area (TPSA) is 62.3 Å². The second-order valence-electron chi connectivity index (χ2n) is 5.16. The maximum atomic E-state index is 9.25. The largest absolute Gasteiger partial charge is 0.381 e. The summed E-state index contributed by atoms with van der Waals surface area (Å²) in [5.74, 6) is 0.409. The molecule has 3 aliphatic rings. The maximum absolute atomic E-state index is 9.25. The van der Waals surface area contributed by atoms with Crippen molar-refractivity contribution in [2.24, 2.45) is 17.6 Å². The summed E-state index contributed by atoms with van der Waals surface area (Å²) in [5, 5.41) is 9.25. The summed E-state index contributed by atoms with van der Waals surface area (Å²) >= 11 is 0. The van der Waals surface area contributed by atoms with Gasteiger partial charge >= 0.3 is 0 Å². The number of piperidine rings is 1. The van der Waals surface area contributed by atoms with E-state index in [-0.39, 0.29) is 11.8 Å². The lowest BCUT2D eigenvalue weighted by molar-refractivity contribution is -0.0794. The molecule has 0 aromatic rings. The molecule has 2 heterocycles. The number of fused-ring (bicyclic) bond motifs is 2. The quantitative estimate of drug-likeness (QED) is 0.654. The molecular formula is C11H17N3O. The third-order valence-corrected chi connectivity index (χ3v) is 4.16. The molecule has 4 heteroatoms. The normalized spacial score (nSPS) is 46.1. The molecule has 2 unspecified atom stereocenters. The molecule has 0 aromatic heterocycles. The molecule has 3 rings (SSSR count). The Kier molecular flexibility index (Phi) is 2.03. The molecule has 15 heavy (non-hydrogen) atoms. The fraction of sp³-hybridized carbons (Fsp3) is 0.909. The summed E-state index contributed by atoms with van der Waals surface area (Å²) in [4.78, 5) is 2.51. The minimum Gasteiger partial charge on any atom is -0.381 e. The molecule has 2 atom stereocenters. The van der Waals surface area contributed by atoms with Crippen molar-refractivity contribution in [3.05, 3.63) is 0 Å². The number of rotatable bonds is 1. The fourth-order valence-electron chi connectivity index (χ4n) is 2.93. The highest BCUT2D eigenvalue weighted by Crippen LogP contribution is 2.39. The number of nitrogens with two attached hydrogens (primary N) is 1. The van der Waals surface area contributed by atoms with Crippen molar-refractivity contribution in [3.8, 4) is 6.07 Å². The van der Waals surface area contributed by atoms with Gasteiger partial charge in [-0.05, 0) is 12.8 Å². The van der Waals surface area contributed by atoms with E-state index in [4.69, 9.17) is 10.5 Å². The van der Waals surface area contributed by atoms with Gasteiger partial charge in [0.1, 0.15) is 5.54 Å². The smallest absolute Gasteiger partial charge is 0.116 e. The van der Waals surface area contributed by atoms with Crippen molar-refractivity contribution in [2.75, 3.05) is 26.3 Å². The van der Waals surface area contributed by atoms with Gasteiger partial charge < -0.3 is 10.5 Å². The summed E-state index contributed by atoms with van der Waals surface area (Å²) in [7, 11) is 0. The Labute approximate surface area is 90.0 Å². The van der Waals surface area contributed by atoms with Gasteiger partial charge in [0, 0.05) is 31.0 Å². The number of hydrogen-bond donors (Lipinski definition) is 1. The Morgan fingerprint density at radius 3 is 2.33 bits per heavy atom. The molecule has 2 saturated heterocycles. The van der Waals surface area contributed by atoms with Crippen molar-refractivity contribution < 1.29 is 4.74 Å². The molecule has 1 saturated carbocycles. The third-order valence-electron chi connectivity index (χ3n) is 4.16. The van der Waals surface area contributed by atoms with E-state index in [1.54, 1.807) is 0 Å². The van der Waals surface area contributed by atoms with E-state index in [1.165, 1.54) is 12.8 Å². The molecule has 0 amide bonds. The predicted octanol–water partition coefficient (Wildman–Crippen LogP) is -0.0519. The first-order chi connectivity index (χ1) is 7.24. The van der Waals surface area contributed by atoms with Crippen LogP contribution in [0.15, 0.2) is 0 Å². The lowest BCUT2D eigenvalue weighted by atomic mass is 9.71. The van der Waals surface area contributed by atoms with E-state index in [0.29, 0.717) is 13.2 Å². The lowest BCUT2D eigenvalue weighted by Gasteiger charge is -2.50. The van der Waals surface area contributed by atoms with Crippen LogP contribution < -0.4 is 5.73 Å². The highest BCUT2D eigenvalue weighted by molar-refractivity contribution is 5.18. The minimum atomic E-state index is -0.635. The van der Waals surface area contributed by atoms with E-state index in [1.807, 2.05) is 0 Å². The fourth-order valence-corrected chi connectivity index (χ4v) is 2.93. The summed E-state index contributed by atoms with van der Waals surface area (Å²) in [6, 6.07) is 3.11. The molecule has 2 N–H and O–H groups in total. The van der Waals surface area contributed by atoms with Gasteiger partial charge in [0.2, 0.25) is 0 Å². The molecule has 82 valence electrons. The Balaban J connectivity index is 1.83. The van der Waals surface area contributed by atoms with Gasteiger partial charge in [-0.25, -0.2) is 0 Å². The van der Waals surface area contributed by atoms with Crippen LogP contribution in [-0.4, -0.2) is 42.8 Å². The third kappa shape index (κ3) is 1.38. The number of ether oxygens (including phenoxy) is 1. The molecule has 1 aliphatic carbocycles. The molecule has 0 spiro atoms. The number of nitriles is 1. The van der Waals surface area contributed by atoms with Gasteiger partial charge in [0.05, 0.1) is 19.3 Å². The number of hydrogen-bond acceptors (Lipinski definition) is 4. The molecule has 3 fully saturated rings. The Morgan fingerprint density at radius 1 is 1.27 bits per heavy atom. The molecule has 2 bridgehead atoms. The Morgan fingerprint density at radius 2 is 1.87 bits per heavy atom. The van der Waals surface area contributed by atoms with E-state index in [9.17, 15) is 5.26 Å². The average Bonchev–Trinajstić information content (AvgIpc) is 3.00. The van der Waals surface area contributed by atoms with Crippen LogP contribution in [0, 0.1) is 23.2 Å². The summed E-state index contributed by atoms with van der Waals surface area (Å²) in [6.07, 6.45) is 2.65. The van der Waals surface area contributed by atoms with Crippen LogP contribution in [0.4, 0.5) is 0 Å². The average molecular weight is 207 g/mol. The highest BCUT2D eigenvalue weighted by Gasteiger charge is 2.52. The Hall–Kier alpha value is -0.630. The van der Waals surface area contributed by atoms with Gasteiger partial charge in [-0.15, -0.1) is 0 Å². The van der Waals surface area contributed by atoms with Gasteiger partial charge in [0.25, 0.3) is 0 Å². The van der Waals surface area contributed by atoms with Crippen LogP contribution in [0.5, 0.6) is 0 Å². The first-order valence-electron chi connectivity index (χ1n) is 5.76. The van der Waals surface area contributed by atoms with E-state index in [0.717, 1.165) is 19.1 Å². The van der Waals surface area contributed by atoms with Crippen molar-refractivity contribution in [1.82, 2.24) is 4.90 Å². The SMILES string of the molecule is N#CC1(N)C2COCC1CN(C1CC1)C2. The zero-order valence-corrected chi connectivity index (χ0v) is 8.85. The lowest BCUT2D eigenvalue weighted by Crippen LogP contribution is -2.67. The van der Waals surface area contributed by atoms with E-state index >= 15 is 0 Å². The van der Waals surface area contributed by atoms with Gasteiger partial charge in [0.15, 0.2) is 0 Å². The van der Waals surface area contributed by atoms with Gasteiger partial charge in [-0.2, -0.15) is 5.26 Å². The second kappa shape index (κ2) is 3.18. The first kappa shape index (κ1) is 9.59. The zero-order chi connectivity index (χ0) is 10.5. The summed E-state index contributed by atoms with van der Waals surface area (Å²) < 4.78 is 5.52. The number of nitrogens with zero attached hydrogens (tertiary/aromatic N) is 2. The van der Waals surface area contributed by atoms with Gasteiger partial charge in [-0.1, -0.05) is 0 Å². The Bertz CT molecular complexity index is 293. The maximum Gasteiger partial charge on any atom is 0.116 e. The van der Waals surface area contributed by atoms with E-state index < -0.39 is 5.54 Å². The summed E-state index contributed by atoms with van der Waals surface area (Å²) in [5.41, 5.74) is 5.59. The monoisotopic (exact) mass is 207 g/mol. The van der Waals surface area contributed by atoms with Crippen LogP contribution >= 0.6 is 0 Å². The van der Waals surface area contributed by atoms with Crippen molar-refractivity contribution in [3.63, 3.8) is 0 Å². The molecule has 4 nitrogen and oxygen atoms in total. The molecule has 0 radical (unpaired) electrons. The van der Waals surface area contributed by atoms with Crippen molar-refractivity contribution in [2.45, 2.75) is 24.4 Å². The van der Waals surface area contributed by atoms with Gasteiger partial charge in [-0.3, -0.25) is 4.90 Å². The molecule has 2 aliphatic heterocycles. The second-order valence-corrected chi connectivity index (χ2v) is 5.16. The van der Waals surface area contributed by atoms with Crippen LogP contribution in [0.25, 0.3) is 0 Å². The van der Waals surface area contributed by atoms with Crippen LogP contribution in [0.3, 0.4) is 0 Å². The highest BCUT2D eigenvalue weighted by atomic mass is 16.5.